The van der Waals surface area contributed by atoms with Gasteiger partial charge in [0.15, 0.2) is 0 Å². The Morgan fingerprint density at radius 3 is 2.11 bits per heavy atom. The van der Waals surface area contributed by atoms with Gasteiger partial charge in [0.25, 0.3) is 0 Å². The van der Waals surface area contributed by atoms with Crippen LogP contribution in [0.3, 0.4) is 0 Å². The second-order valence-corrected chi connectivity index (χ2v) is 8.43. The first-order chi connectivity index (χ1) is 16.9. The standard InChI is InChI=1S/C27H23F4N3O/c28-24-4-2-1-3-22(24)25-23(17-32-33-25)26(34-13-15-35-16-14-34)20-7-5-18(6-8-20)19-9-11-21(12-10-19)27(29,30)31/h1-12,17,26H,13-16H2,(H,32,33). The number of rotatable bonds is 5. The first kappa shape index (κ1) is 23.3. The average Bonchev–Trinajstić information content (AvgIpc) is 3.34. The number of hydrogen-bond donors (Lipinski definition) is 1. The number of benzene rings is 3. The van der Waals surface area contributed by atoms with Gasteiger partial charge in [-0.3, -0.25) is 10.00 Å². The zero-order valence-electron chi connectivity index (χ0n) is 18.7. The highest BCUT2D eigenvalue weighted by Crippen LogP contribution is 2.37. The van der Waals surface area contributed by atoms with Crippen LogP contribution in [0.5, 0.6) is 0 Å². The van der Waals surface area contributed by atoms with E-state index in [0.29, 0.717) is 43.1 Å². The predicted octanol–water partition coefficient (Wildman–Crippen LogP) is 6.32. The molecule has 1 atom stereocenters. The van der Waals surface area contributed by atoms with Gasteiger partial charge in [-0.05, 0) is 41.0 Å². The molecule has 0 aliphatic carbocycles. The summed E-state index contributed by atoms with van der Waals surface area (Å²) in [5.74, 6) is -0.337. The van der Waals surface area contributed by atoms with E-state index in [1.165, 1.54) is 18.2 Å². The summed E-state index contributed by atoms with van der Waals surface area (Å²) < 4.78 is 58.9. The molecule has 0 radical (unpaired) electrons. The fourth-order valence-corrected chi connectivity index (χ4v) is 4.51. The molecule has 2 heterocycles. The maximum atomic E-state index is 14.6. The van der Waals surface area contributed by atoms with Crippen LogP contribution in [0.2, 0.25) is 0 Å². The molecule has 1 unspecified atom stereocenters. The lowest BCUT2D eigenvalue weighted by Gasteiger charge is -2.35. The molecular weight excluding hydrogens is 458 g/mol. The second-order valence-electron chi connectivity index (χ2n) is 8.43. The van der Waals surface area contributed by atoms with Crippen molar-refractivity contribution in [3.8, 4) is 22.4 Å². The zero-order chi connectivity index (χ0) is 24.4. The molecule has 0 spiro atoms. The molecule has 35 heavy (non-hydrogen) atoms. The van der Waals surface area contributed by atoms with Crippen LogP contribution in [0.1, 0.15) is 22.7 Å². The van der Waals surface area contributed by atoms with E-state index in [-0.39, 0.29) is 11.9 Å². The molecule has 0 amide bonds. The molecule has 180 valence electrons. The minimum atomic E-state index is -4.37. The van der Waals surface area contributed by atoms with Crippen molar-refractivity contribution in [2.24, 2.45) is 0 Å². The number of H-pyrrole nitrogens is 1. The van der Waals surface area contributed by atoms with Crippen LogP contribution in [0.25, 0.3) is 22.4 Å². The summed E-state index contributed by atoms with van der Waals surface area (Å²) in [6.07, 6.45) is -2.64. The van der Waals surface area contributed by atoms with E-state index in [1.54, 1.807) is 24.4 Å². The zero-order valence-corrected chi connectivity index (χ0v) is 18.7. The lowest BCUT2D eigenvalue weighted by atomic mass is 9.93. The Balaban J connectivity index is 1.51. The summed E-state index contributed by atoms with van der Waals surface area (Å²) in [6, 6.07) is 19.2. The molecule has 1 N–H and O–H groups in total. The van der Waals surface area contributed by atoms with E-state index in [9.17, 15) is 17.6 Å². The Bertz CT molecular complexity index is 1280. The summed E-state index contributed by atoms with van der Waals surface area (Å²) in [6.45, 7) is 2.58. The van der Waals surface area contributed by atoms with E-state index >= 15 is 0 Å². The SMILES string of the molecule is Fc1ccccc1-c1[nH]ncc1C(c1ccc(-c2ccc(C(F)(F)F)cc2)cc1)N1CCOCC1. The molecule has 4 nitrogen and oxygen atoms in total. The molecule has 1 aliphatic heterocycles. The highest BCUT2D eigenvalue weighted by Gasteiger charge is 2.30. The average molecular weight is 481 g/mol. The third-order valence-electron chi connectivity index (χ3n) is 6.29. The van der Waals surface area contributed by atoms with Crippen LogP contribution in [0, 0.1) is 5.82 Å². The molecule has 1 saturated heterocycles. The lowest BCUT2D eigenvalue weighted by molar-refractivity contribution is -0.137. The Morgan fingerprint density at radius 1 is 0.857 bits per heavy atom. The van der Waals surface area contributed by atoms with Crippen LogP contribution in [0.15, 0.2) is 79.0 Å². The first-order valence-corrected chi connectivity index (χ1v) is 11.3. The van der Waals surface area contributed by atoms with Crippen molar-refractivity contribution in [3.05, 3.63) is 102 Å². The molecule has 1 aliphatic rings. The lowest BCUT2D eigenvalue weighted by Crippen LogP contribution is -2.39. The normalized spacial score (nSPS) is 15.8. The number of nitrogens with one attached hydrogen (secondary N) is 1. The van der Waals surface area contributed by atoms with Gasteiger partial charge in [0.05, 0.1) is 36.7 Å². The van der Waals surface area contributed by atoms with Crippen LogP contribution in [0.4, 0.5) is 17.6 Å². The monoisotopic (exact) mass is 481 g/mol. The molecule has 1 fully saturated rings. The van der Waals surface area contributed by atoms with Gasteiger partial charge >= 0.3 is 6.18 Å². The topological polar surface area (TPSA) is 41.2 Å². The summed E-state index contributed by atoms with van der Waals surface area (Å²) in [7, 11) is 0. The van der Waals surface area contributed by atoms with Crippen molar-refractivity contribution in [1.29, 1.82) is 0 Å². The Morgan fingerprint density at radius 2 is 1.49 bits per heavy atom. The van der Waals surface area contributed by atoms with Crippen molar-refractivity contribution in [2.75, 3.05) is 26.3 Å². The third kappa shape index (κ3) is 4.85. The maximum Gasteiger partial charge on any atom is 0.416 e. The highest BCUT2D eigenvalue weighted by molar-refractivity contribution is 5.67. The Labute approximate surface area is 200 Å². The molecule has 1 aromatic heterocycles. The summed E-state index contributed by atoms with van der Waals surface area (Å²) >= 11 is 0. The number of alkyl halides is 3. The maximum absolute atomic E-state index is 14.6. The highest BCUT2D eigenvalue weighted by atomic mass is 19.4. The van der Waals surface area contributed by atoms with Gasteiger partial charge in [0, 0.05) is 24.2 Å². The van der Waals surface area contributed by atoms with Crippen molar-refractivity contribution in [2.45, 2.75) is 12.2 Å². The number of hydrogen-bond acceptors (Lipinski definition) is 3. The van der Waals surface area contributed by atoms with Gasteiger partial charge < -0.3 is 4.74 Å². The van der Waals surface area contributed by atoms with Gasteiger partial charge in [-0.2, -0.15) is 18.3 Å². The first-order valence-electron chi connectivity index (χ1n) is 11.3. The van der Waals surface area contributed by atoms with Crippen molar-refractivity contribution >= 4 is 0 Å². The van der Waals surface area contributed by atoms with Crippen LogP contribution in [-0.4, -0.2) is 41.4 Å². The second kappa shape index (κ2) is 9.64. The minimum absolute atomic E-state index is 0.200. The van der Waals surface area contributed by atoms with Gasteiger partial charge in [0.1, 0.15) is 5.82 Å². The van der Waals surface area contributed by atoms with Gasteiger partial charge in [-0.25, -0.2) is 4.39 Å². The Kier molecular flexibility index (Phi) is 6.40. The number of aromatic nitrogens is 2. The summed E-state index contributed by atoms with van der Waals surface area (Å²) in [5, 5.41) is 7.20. The molecular formula is C27H23F4N3O. The van der Waals surface area contributed by atoms with Crippen molar-refractivity contribution < 1.29 is 22.3 Å². The largest absolute Gasteiger partial charge is 0.416 e. The number of halogens is 4. The number of nitrogens with zero attached hydrogens (tertiary/aromatic N) is 2. The van der Waals surface area contributed by atoms with E-state index in [1.807, 2.05) is 24.3 Å². The fourth-order valence-electron chi connectivity index (χ4n) is 4.51. The van der Waals surface area contributed by atoms with Gasteiger partial charge in [0.2, 0.25) is 0 Å². The van der Waals surface area contributed by atoms with E-state index in [0.717, 1.165) is 28.8 Å². The molecule has 3 aromatic carbocycles. The van der Waals surface area contributed by atoms with Crippen molar-refractivity contribution in [1.82, 2.24) is 15.1 Å². The fraction of sp³-hybridized carbons (Fsp3) is 0.222. The third-order valence-corrected chi connectivity index (χ3v) is 6.29. The minimum Gasteiger partial charge on any atom is -0.379 e. The number of morpholine rings is 1. The van der Waals surface area contributed by atoms with E-state index in [2.05, 4.69) is 15.1 Å². The van der Waals surface area contributed by atoms with Crippen LogP contribution >= 0.6 is 0 Å². The van der Waals surface area contributed by atoms with E-state index < -0.39 is 11.7 Å². The summed E-state index contributed by atoms with van der Waals surface area (Å²) in [5.41, 5.74) is 3.71. The smallest absolute Gasteiger partial charge is 0.379 e. The van der Waals surface area contributed by atoms with E-state index in [4.69, 9.17) is 4.74 Å². The summed E-state index contributed by atoms with van der Waals surface area (Å²) in [4.78, 5) is 2.27. The number of aromatic amines is 1. The van der Waals surface area contributed by atoms with Gasteiger partial charge in [-0.15, -0.1) is 0 Å². The number of ether oxygens (including phenoxy) is 1. The predicted molar refractivity (Wildman–Crippen MR) is 125 cm³/mol. The van der Waals surface area contributed by atoms with Crippen LogP contribution < -0.4 is 0 Å². The molecule has 5 rings (SSSR count). The van der Waals surface area contributed by atoms with Gasteiger partial charge in [-0.1, -0.05) is 48.5 Å². The molecule has 8 heteroatoms. The Hall–Kier alpha value is -3.49. The van der Waals surface area contributed by atoms with Crippen LogP contribution in [-0.2, 0) is 10.9 Å². The molecule has 0 bridgehead atoms. The molecule has 0 saturated carbocycles. The van der Waals surface area contributed by atoms with Crippen molar-refractivity contribution in [3.63, 3.8) is 0 Å². The quantitative estimate of drug-likeness (QED) is 0.339. The molecule has 4 aromatic rings.